The van der Waals surface area contributed by atoms with Crippen molar-refractivity contribution in [2.75, 3.05) is 20.1 Å². The predicted molar refractivity (Wildman–Crippen MR) is 109 cm³/mol. The van der Waals surface area contributed by atoms with Crippen molar-refractivity contribution in [3.63, 3.8) is 0 Å². The Balaban J connectivity index is 0.00000338. The Kier molecular flexibility index (Phi) is 8.95. The van der Waals surface area contributed by atoms with Crippen LogP contribution in [0.3, 0.4) is 0 Å². The molecule has 11 heteroatoms. The normalized spacial score (nSPS) is 11.7. The van der Waals surface area contributed by atoms with Crippen LogP contribution in [0.25, 0.3) is 0 Å². The number of hydrogen-bond donors (Lipinski definition) is 3. The van der Waals surface area contributed by atoms with E-state index in [2.05, 4.69) is 30.3 Å². The summed E-state index contributed by atoms with van der Waals surface area (Å²) in [6.07, 6.45) is 2.82. The molecule has 0 bridgehead atoms. The van der Waals surface area contributed by atoms with E-state index in [0.29, 0.717) is 24.9 Å². The van der Waals surface area contributed by atoms with E-state index in [4.69, 9.17) is 4.42 Å². The average molecular weight is 494 g/mol. The van der Waals surface area contributed by atoms with Crippen LogP contribution in [-0.4, -0.2) is 44.5 Å². The van der Waals surface area contributed by atoms with E-state index in [1.165, 1.54) is 18.5 Å². The highest BCUT2D eigenvalue weighted by atomic mass is 127. The van der Waals surface area contributed by atoms with Gasteiger partial charge in [0.05, 0.1) is 12.2 Å². The monoisotopic (exact) mass is 494 g/mol. The van der Waals surface area contributed by atoms with Crippen LogP contribution in [-0.2, 0) is 16.6 Å². The first-order valence-corrected chi connectivity index (χ1v) is 9.18. The van der Waals surface area contributed by atoms with Crippen LogP contribution in [0.4, 0.5) is 0 Å². The minimum absolute atomic E-state index is 0. The van der Waals surface area contributed by atoms with Gasteiger partial charge >= 0.3 is 0 Å². The average Bonchev–Trinajstić information content (AvgIpc) is 2.93. The molecule has 144 valence electrons. The zero-order valence-electron chi connectivity index (χ0n) is 14.8. The second kappa shape index (κ2) is 10.4. The number of nitrogens with one attached hydrogen (secondary N) is 3. The van der Waals surface area contributed by atoms with Crippen LogP contribution in [0.1, 0.15) is 17.3 Å². The van der Waals surface area contributed by atoms with E-state index in [9.17, 15) is 8.42 Å². The van der Waals surface area contributed by atoms with Gasteiger partial charge in [0.2, 0.25) is 15.9 Å². The summed E-state index contributed by atoms with van der Waals surface area (Å²) < 4.78 is 32.1. The van der Waals surface area contributed by atoms with Gasteiger partial charge in [0, 0.05) is 32.5 Å². The smallest absolute Gasteiger partial charge is 0.242 e. The van der Waals surface area contributed by atoms with Gasteiger partial charge in [-0.2, -0.15) is 0 Å². The molecule has 3 N–H and O–H groups in total. The molecule has 0 aliphatic heterocycles. The lowest BCUT2D eigenvalue weighted by Gasteiger charge is -2.11. The molecule has 2 rings (SSSR count). The van der Waals surface area contributed by atoms with Gasteiger partial charge in [0.15, 0.2) is 5.96 Å². The van der Waals surface area contributed by atoms with E-state index < -0.39 is 10.0 Å². The number of rotatable bonds is 7. The van der Waals surface area contributed by atoms with Crippen LogP contribution >= 0.6 is 24.0 Å². The number of aryl methyl sites for hydroxylation is 2. The van der Waals surface area contributed by atoms with E-state index in [-0.39, 0.29) is 35.4 Å². The Morgan fingerprint density at radius 2 is 2.04 bits per heavy atom. The number of nitrogens with zero attached hydrogens (tertiary/aromatic N) is 3. The fourth-order valence-electron chi connectivity index (χ4n) is 1.95. The van der Waals surface area contributed by atoms with Crippen molar-refractivity contribution in [3.8, 4) is 0 Å². The molecule has 0 unspecified atom stereocenters. The van der Waals surface area contributed by atoms with Crippen LogP contribution in [0.15, 0.2) is 38.8 Å². The SMILES string of the molecule is CN=C(NCCNS(=O)(=O)c1cccnc1)NCc1nc(C)c(C)o1.I. The summed E-state index contributed by atoms with van der Waals surface area (Å²) in [4.78, 5) is 12.3. The Hall–Kier alpha value is -1.73. The molecule has 0 aliphatic carbocycles. The van der Waals surface area contributed by atoms with Gasteiger partial charge in [-0.05, 0) is 26.0 Å². The zero-order chi connectivity index (χ0) is 18.3. The quantitative estimate of drug-likeness (QED) is 0.227. The maximum Gasteiger partial charge on any atom is 0.242 e. The molecule has 0 aromatic carbocycles. The molecule has 0 aliphatic rings. The van der Waals surface area contributed by atoms with Crippen LogP contribution in [0.5, 0.6) is 0 Å². The van der Waals surface area contributed by atoms with Gasteiger partial charge in [-0.1, -0.05) is 0 Å². The van der Waals surface area contributed by atoms with Crippen molar-refractivity contribution in [1.82, 2.24) is 25.3 Å². The number of aromatic nitrogens is 2. The molecule has 0 saturated heterocycles. The number of pyridine rings is 1. The highest BCUT2D eigenvalue weighted by Crippen LogP contribution is 2.07. The largest absolute Gasteiger partial charge is 0.444 e. The van der Waals surface area contributed by atoms with Crippen molar-refractivity contribution in [1.29, 1.82) is 0 Å². The second-order valence-corrected chi connectivity index (χ2v) is 6.96. The van der Waals surface area contributed by atoms with Gasteiger partial charge in [-0.3, -0.25) is 9.98 Å². The maximum atomic E-state index is 12.0. The molecular formula is C15H23IN6O3S. The Morgan fingerprint density at radius 3 is 2.62 bits per heavy atom. The standard InChI is InChI=1S/C15H22N6O3S.HI/c1-11-12(2)24-14(21-11)10-19-15(16-3)18-7-8-20-25(22,23)13-5-4-6-17-9-13;/h4-6,9,20H,7-8,10H2,1-3H3,(H2,16,18,19);1H. The van der Waals surface area contributed by atoms with Gasteiger partial charge in [0.1, 0.15) is 10.7 Å². The van der Waals surface area contributed by atoms with E-state index >= 15 is 0 Å². The highest BCUT2D eigenvalue weighted by Gasteiger charge is 2.13. The summed E-state index contributed by atoms with van der Waals surface area (Å²) in [7, 11) is -1.93. The van der Waals surface area contributed by atoms with Crippen LogP contribution in [0.2, 0.25) is 0 Å². The highest BCUT2D eigenvalue weighted by molar-refractivity contribution is 14.0. The third kappa shape index (κ3) is 6.53. The Labute approximate surface area is 170 Å². The third-order valence-corrected chi connectivity index (χ3v) is 4.80. The molecule has 26 heavy (non-hydrogen) atoms. The molecule has 0 atom stereocenters. The molecule has 0 fully saturated rings. The Morgan fingerprint density at radius 1 is 1.27 bits per heavy atom. The van der Waals surface area contributed by atoms with E-state index in [1.807, 2.05) is 13.8 Å². The minimum Gasteiger partial charge on any atom is -0.444 e. The topological polar surface area (TPSA) is 122 Å². The number of oxazole rings is 1. The second-order valence-electron chi connectivity index (χ2n) is 5.19. The number of guanidine groups is 1. The van der Waals surface area contributed by atoms with Crippen LogP contribution in [0, 0.1) is 13.8 Å². The Bertz CT molecular complexity index is 804. The fraction of sp³-hybridized carbons (Fsp3) is 0.400. The first kappa shape index (κ1) is 22.3. The summed E-state index contributed by atoms with van der Waals surface area (Å²) >= 11 is 0. The summed E-state index contributed by atoms with van der Waals surface area (Å²) in [5.74, 6) is 1.87. The summed E-state index contributed by atoms with van der Waals surface area (Å²) in [6, 6.07) is 3.06. The molecule has 0 spiro atoms. The summed E-state index contributed by atoms with van der Waals surface area (Å²) in [5.41, 5.74) is 0.851. The lowest BCUT2D eigenvalue weighted by atomic mass is 10.4. The molecule has 2 heterocycles. The number of hydrogen-bond acceptors (Lipinski definition) is 6. The van der Waals surface area contributed by atoms with Gasteiger partial charge < -0.3 is 15.1 Å². The van der Waals surface area contributed by atoms with Crippen LogP contribution < -0.4 is 15.4 Å². The molecule has 2 aromatic rings. The van der Waals surface area contributed by atoms with E-state index in [1.54, 1.807) is 13.1 Å². The van der Waals surface area contributed by atoms with Gasteiger partial charge in [-0.25, -0.2) is 18.1 Å². The number of sulfonamides is 1. The minimum atomic E-state index is -3.56. The molecule has 2 aromatic heterocycles. The van der Waals surface area contributed by atoms with Gasteiger partial charge in [-0.15, -0.1) is 24.0 Å². The zero-order valence-corrected chi connectivity index (χ0v) is 18.0. The lowest BCUT2D eigenvalue weighted by molar-refractivity contribution is 0.464. The molecule has 9 nitrogen and oxygen atoms in total. The first-order valence-electron chi connectivity index (χ1n) is 7.69. The van der Waals surface area contributed by atoms with Gasteiger partial charge in [0.25, 0.3) is 0 Å². The number of halogens is 1. The van der Waals surface area contributed by atoms with Crippen molar-refractivity contribution < 1.29 is 12.8 Å². The van der Waals surface area contributed by atoms with E-state index in [0.717, 1.165) is 11.5 Å². The van der Waals surface area contributed by atoms with Crippen molar-refractivity contribution >= 4 is 40.0 Å². The maximum absolute atomic E-state index is 12.0. The molecule has 0 amide bonds. The lowest BCUT2D eigenvalue weighted by Crippen LogP contribution is -2.41. The van der Waals surface area contributed by atoms with Crippen molar-refractivity contribution in [2.45, 2.75) is 25.3 Å². The fourth-order valence-corrected chi connectivity index (χ4v) is 2.95. The van der Waals surface area contributed by atoms with Crippen molar-refractivity contribution in [2.24, 2.45) is 4.99 Å². The predicted octanol–water partition coefficient (Wildman–Crippen LogP) is 0.948. The summed E-state index contributed by atoms with van der Waals surface area (Å²) in [5, 5.41) is 6.06. The molecular weight excluding hydrogens is 471 g/mol. The third-order valence-electron chi connectivity index (χ3n) is 3.36. The number of aliphatic imine (C=N–C) groups is 1. The molecule has 0 saturated carbocycles. The first-order chi connectivity index (χ1) is 11.9. The summed E-state index contributed by atoms with van der Waals surface area (Å²) in [6.45, 7) is 4.69. The molecule has 0 radical (unpaired) electrons. The van der Waals surface area contributed by atoms with Crippen molar-refractivity contribution in [3.05, 3.63) is 41.9 Å².